The number of H-pyrrole nitrogens is 1. The molecule has 6 nitrogen and oxygen atoms in total. The van der Waals surface area contributed by atoms with E-state index in [-0.39, 0.29) is 16.4 Å². The van der Waals surface area contributed by atoms with Crippen molar-refractivity contribution in [2.24, 2.45) is 5.10 Å². The molecule has 2 rings (SSSR count). The average molecular weight is 304 g/mol. The molecule has 21 heavy (non-hydrogen) atoms. The summed E-state index contributed by atoms with van der Waals surface area (Å²) >= 11 is 4.99. The maximum atomic E-state index is 11.9. The molecule has 1 N–H and O–H groups in total. The summed E-state index contributed by atoms with van der Waals surface area (Å²) in [6, 6.07) is 7.41. The van der Waals surface area contributed by atoms with E-state index in [9.17, 15) is 4.79 Å². The molecule has 2 aromatic rings. The second-order valence-corrected chi connectivity index (χ2v) is 5.10. The molecule has 0 atom stereocenters. The molecule has 0 aliphatic carbocycles. The van der Waals surface area contributed by atoms with E-state index in [1.807, 2.05) is 38.1 Å². The van der Waals surface area contributed by atoms with Gasteiger partial charge in [0.1, 0.15) is 11.4 Å². The van der Waals surface area contributed by atoms with Gasteiger partial charge in [0.2, 0.25) is 4.77 Å². The number of nitrogens with zero attached hydrogens (tertiary/aromatic N) is 3. The minimum atomic E-state index is -0.338. The van der Waals surface area contributed by atoms with Crippen molar-refractivity contribution < 1.29 is 4.74 Å². The summed E-state index contributed by atoms with van der Waals surface area (Å²) in [6.07, 6.45) is 1.69. The van der Waals surface area contributed by atoms with Gasteiger partial charge in [-0.25, -0.2) is 0 Å². The van der Waals surface area contributed by atoms with Crippen LogP contribution in [0.4, 0.5) is 0 Å². The maximum Gasteiger partial charge on any atom is 0.296 e. The molecule has 0 aliphatic rings. The van der Waals surface area contributed by atoms with Gasteiger partial charge < -0.3 is 4.74 Å². The van der Waals surface area contributed by atoms with Crippen LogP contribution in [-0.4, -0.2) is 27.2 Å². The molecule has 0 unspecified atom stereocenters. The van der Waals surface area contributed by atoms with Gasteiger partial charge >= 0.3 is 0 Å². The minimum absolute atomic E-state index is 0.126. The molecule has 0 fully saturated rings. The Morgan fingerprint density at radius 1 is 1.38 bits per heavy atom. The van der Waals surface area contributed by atoms with Gasteiger partial charge in [-0.05, 0) is 62.8 Å². The van der Waals surface area contributed by atoms with Crippen molar-refractivity contribution in [3.63, 3.8) is 0 Å². The predicted molar refractivity (Wildman–Crippen MR) is 83.6 cm³/mol. The summed E-state index contributed by atoms with van der Waals surface area (Å²) in [4.78, 5) is 11.9. The van der Waals surface area contributed by atoms with Crippen molar-refractivity contribution >= 4 is 18.4 Å². The maximum absolute atomic E-state index is 11.9. The lowest BCUT2D eigenvalue weighted by atomic mass is 10.2. The number of hydrogen-bond acceptors (Lipinski definition) is 5. The lowest BCUT2D eigenvalue weighted by Gasteiger charge is -2.09. The van der Waals surface area contributed by atoms with Crippen molar-refractivity contribution in [2.45, 2.75) is 26.9 Å². The van der Waals surface area contributed by atoms with Crippen LogP contribution in [0, 0.1) is 11.7 Å². The fraction of sp³-hybridized carbons (Fsp3) is 0.286. The second kappa shape index (κ2) is 6.45. The molecular formula is C14H16N4O2S. The number of ether oxygens (including phenoxy) is 1. The van der Waals surface area contributed by atoms with Crippen molar-refractivity contribution in [1.82, 2.24) is 14.9 Å². The first-order valence-electron chi connectivity index (χ1n) is 6.47. The van der Waals surface area contributed by atoms with Crippen LogP contribution in [0.1, 0.15) is 25.1 Å². The Bertz CT molecular complexity index is 760. The van der Waals surface area contributed by atoms with Crippen molar-refractivity contribution in [2.75, 3.05) is 0 Å². The highest BCUT2D eigenvalue weighted by molar-refractivity contribution is 7.71. The molecule has 1 aromatic carbocycles. The molecule has 0 radical (unpaired) electrons. The largest absolute Gasteiger partial charge is 0.491 e. The molecule has 0 saturated carbocycles. The SMILES string of the molecule is Cc1n[nH]c(=S)n(N=Cc2ccc(OC(C)C)cc2)c1=O. The molecule has 110 valence electrons. The summed E-state index contributed by atoms with van der Waals surface area (Å²) in [6.45, 7) is 5.53. The van der Waals surface area contributed by atoms with Crippen LogP contribution in [0.15, 0.2) is 34.2 Å². The van der Waals surface area contributed by atoms with E-state index >= 15 is 0 Å². The number of nitrogens with one attached hydrogen (secondary N) is 1. The number of rotatable bonds is 4. The topological polar surface area (TPSA) is 72.3 Å². The molecule has 1 aromatic heterocycles. The Kier molecular flexibility index (Phi) is 4.64. The van der Waals surface area contributed by atoms with E-state index < -0.39 is 0 Å². The van der Waals surface area contributed by atoms with E-state index in [0.717, 1.165) is 16.0 Å². The lowest BCUT2D eigenvalue weighted by Crippen LogP contribution is -2.22. The van der Waals surface area contributed by atoms with Gasteiger partial charge in [0, 0.05) is 0 Å². The van der Waals surface area contributed by atoms with Gasteiger partial charge in [0.15, 0.2) is 0 Å². The Morgan fingerprint density at radius 2 is 2.05 bits per heavy atom. The first-order valence-corrected chi connectivity index (χ1v) is 6.87. The summed E-state index contributed by atoms with van der Waals surface area (Å²) in [5.41, 5.74) is 0.804. The third-order valence-corrected chi connectivity index (χ3v) is 2.85. The molecule has 0 spiro atoms. The van der Waals surface area contributed by atoms with Crippen molar-refractivity contribution in [1.29, 1.82) is 0 Å². The zero-order chi connectivity index (χ0) is 15.4. The summed E-state index contributed by atoms with van der Waals surface area (Å²) in [5.74, 6) is 0.788. The average Bonchev–Trinajstić information content (AvgIpc) is 2.44. The summed E-state index contributed by atoms with van der Waals surface area (Å²) in [7, 11) is 0. The number of hydrogen-bond donors (Lipinski definition) is 1. The zero-order valence-electron chi connectivity index (χ0n) is 12.0. The molecule has 0 amide bonds. The van der Waals surface area contributed by atoms with Gasteiger partial charge in [-0.3, -0.25) is 9.89 Å². The van der Waals surface area contributed by atoms with E-state index in [4.69, 9.17) is 17.0 Å². The molecular weight excluding hydrogens is 288 g/mol. The quantitative estimate of drug-likeness (QED) is 0.695. The monoisotopic (exact) mass is 304 g/mol. The Labute approximate surface area is 127 Å². The highest BCUT2D eigenvalue weighted by atomic mass is 32.1. The van der Waals surface area contributed by atoms with Crippen LogP contribution >= 0.6 is 12.2 Å². The predicted octanol–water partition coefficient (Wildman–Crippen LogP) is 2.28. The second-order valence-electron chi connectivity index (χ2n) is 4.71. The van der Waals surface area contributed by atoms with Crippen LogP contribution < -0.4 is 10.3 Å². The fourth-order valence-electron chi connectivity index (χ4n) is 1.61. The van der Waals surface area contributed by atoms with E-state index in [1.165, 1.54) is 0 Å². The zero-order valence-corrected chi connectivity index (χ0v) is 12.8. The van der Waals surface area contributed by atoms with Crippen LogP contribution in [-0.2, 0) is 0 Å². The molecule has 0 aliphatic heterocycles. The first-order chi connectivity index (χ1) is 9.97. The van der Waals surface area contributed by atoms with Gasteiger partial charge in [0.25, 0.3) is 5.56 Å². The normalized spacial score (nSPS) is 11.2. The summed E-state index contributed by atoms with van der Waals surface area (Å²) < 4.78 is 6.82. The molecule has 0 saturated heterocycles. The smallest absolute Gasteiger partial charge is 0.296 e. The fourth-order valence-corrected chi connectivity index (χ4v) is 1.78. The van der Waals surface area contributed by atoms with Gasteiger partial charge in [0.05, 0.1) is 12.3 Å². The van der Waals surface area contributed by atoms with Gasteiger partial charge in [-0.15, -0.1) is 0 Å². The highest BCUT2D eigenvalue weighted by Gasteiger charge is 2.01. The van der Waals surface area contributed by atoms with Crippen LogP contribution in [0.2, 0.25) is 0 Å². The number of aromatic amines is 1. The standard InChI is InChI=1S/C14H16N4O2S/c1-9(2)20-12-6-4-11(5-7-12)8-15-18-13(19)10(3)16-17-14(18)21/h4-9H,1-3H3,(H,17,21). The number of aryl methyl sites for hydroxylation is 1. The molecule has 7 heteroatoms. The molecule has 0 bridgehead atoms. The van der Waals surface area contributed by atoms with Crippen LogP contribution in [0.25, 0.3) is 0 Å². The van der Waals surface area contributed by atoms with Crippen molar-refractivity contribution in [3.8, 4) is 5.75 Å². The first kappa shape index (κ1) is 15.1. The van der Waals surface area contributed by atoms with Crippen LogP contribution in [0.3, 0.4) is 0 Å². The minimum Gasteiger partial charge on any atom is -0.491 e. The van der Waals surface area contributed by atoms with E-state index in [1.54, 1.807) is 13.1 Å². The van der Waals surface area contributed by atoms with Crippen molar-refractivity contribution in [3.05, 3.63) is 50.6 Å². The Hall–Kier alpha value is -2.28. The lowest BCUT2D eigenvalue weighted by molar-refractivity contribution is 0.242. The van der Waals surface area contributed by atoms with E-state index in [0.29, 0.717) is 5.69 Å². The Morgan fingerprint density at radius 3 is 2.67 bits per heavy atom. The molecule has 1 heterocycles. The Balaban J connectivity index is 2.24. The highest BCUT2D eigenvalue weighted by Crippen LogP contribution is 2.12. The number of aromatic nitrogens is 3. The third kappa shape index (κ3) is 3.85. The van der Waals surface area contributed by atoms with E-state index in [2.05, 4.69) is 15.3 Å². The third-order valence-electron chi connectivity index (χ3n) is 2.59. The van der Waals surface area contributed by atoms with Crippen LogP contribution in [0.5, 0.6) is 5.75 Å². The van der Waals surface area contributed by atoms with Gasteiger partial charge in [-0.1, -0.05) is 0 Å². The number of benzene rings is 1. The summed E-state index contributed by atoms with van der Waals surface area (Å²) in [5, 5.41) is 10.4. The van der Waals surface area contributed by atoms with Gasteiger partial charge in [-0.2, -0.15) is 14.9 Å².